The number of aromatic amines is 1. The van der Waals surface area contributed by atoms with Gasteiger partial charge in [-0.15, -0.1) is 0 Å². The van der Waals surface area contributed by atoms with E-state index in [0.717, 1.165) is 12.5 Å². The van der Waals surface area contributed by atoms with Crippen LogP contribution in [0.2, 0.25) is 0 Å². The van der Waals surface area contributed by atoms with Gasteiger partial charge in [-0.3, -0.25) is 0 Å². The lowest BCUT2D eigenvalue weighted by atomic mass is 10.4. The van der Waals surface area contributed by atoms with Gasteiger partial charge in [0.2, 0.25) is 0 Å². The highest BCUT2D eigenvalue weighted by Crippen LogP contribution is 2.28. The molecule has 0 unspecified atom stereocenters. The second kappa shape index (κ2) is 6.49. The quantitative estimate of drug-likeness (QED) is 0.665. The van der Waals surface area contributed by atoms with Gasteiger partial charge in [0.05, 0.1) is 6.20 Å². The number of aryl methyl sites for hydroxylation is 1. The number of H-pyrrole nitrogens is 1. The highest BCUT2D eigenvalue weighted by molar-refractivity contribution is 7.89. The summed E-state index contributed by atoms with van der Waals surface area (Å²) < 4.78 is 31.8. The Bertz CT molecular complexity index is 494. The van der Waals surface area contributed by atoms with Crippen LogP contribution in [0.5, 0.6) is 0 Å². The second-order valence-corrected chi connectivity index (χ2v) is 6.55. The smallest absolute Gasteiger partial charge is 0.257 e. The van der Waals surface area contributed by atoms with Crippen LogP contribution in [0, 0.1) is 5.92 Å². The summed E-state index contributed by atoms with van der Waals surface area (Å²) >= 11 is 0. The predicted octanol–water partition coefficient (Wildman–Crippen LogP) is 1.07. The molecular formula is C12H21N3O3S. The molecule has 0 atom stereocenters. The molecule has 6 nitrogen and oxygen atoms in total. The number of hydrogen-bond donors (Lipinski definition) is 2. The molecule has 0 saturated heterocycles. The number of ether oxygens (including phenoxy) is 1. The average molecular weight is 287 g/mol. The maximum atomic E-state index is 11.9. The first-order valence-corrected chi connectivity index (χ1v) is 8.21. The van der Waals surface area contributed by atoms with E-state index in [1.54, 1.807) is 0 Å². The van der Waals surface area contributed by atoms with Crippen molar-refractivity contribution in [1.29, 1.82) is 0 Å². The van der Waals surface area contributed by atoms with E-state index >= 15 is 0 Å². The Hall–Kier alpha value is -0.920. The summed E-state index contributed by atoms with van der Waals surface area (Å²) in [6.45, 7) is 3.71. The molecule has 1 heterocycles. The molecule has 1 aromatic rings. The normalized spacial score (nSPS) is 15.8. The van der Waals surface area contributed by atoms with Crippen molar-refractivity contribution >= 4 is 10.0 Å². The van der Waals surface area contributed by atoms with Crippen LogP contribution in [0.15, 0.2) is 11.2 Å². The molecule has 108 valence electrons. The largest absolute Gasteiger partial charge is 0.381 e. The van der Waals surface area contributed by atoms with Crippen molar-refractivity contribution in [2.24, 2.45) is 5.92 Å². The van der Waals surface area contributed by atoms with E-state index in [1.807, 2.05) is 6.92 Å². The van der Waals surface area contributed by atoms with Gasteiger partial charge in [0.15, 0.2) is 5.03 Å². The summed E-state index contributed by atoms with van der Waals surface area (Å²) in [6.07, 6.45) is 5.26. The van der Waals surface area contributed by atoms with Gasteiger partial charge in [0, 0.05) is 26.2 Å². The molecule has 0 amide bonds. The van der Waals surface area contributed by atoms with E-state index in [9.17, 15) is 8.42 Å². The maximum absolute atomic E-state index is 11.9. The highest BCUT2D eigenvalue weighted by Gasteiger charge is 2.21. The summed E-state index contributed by atoms with van der Waals surface area (Å²) in [5, 5.41) is 0.128. The summed E-state index contributed by atoms with van der Waals surface area (Å²) in [5.41, 5.74) is 0. The lowest BCUT2D eigenvalue weighted by Gasteiger charge is -2.05. The topological polar surface area (TPSA) is 84.1 Å². The van der Waals surface area contributed by atoms with E-state index in [4.69, 9.17) is 4.74 Å². The van der Waals surface area contributed by atoms with Crippen molar-refractivity contribution in [3.8, 4) is 0 Å². The maximum Gasteiger partial charge on any atom is 0.257 e. The van der Waals surface area contributed by atoms with Crippen molar-refractivity contribution in [2.45, 2.75) is 37.6 Å². The molecule has 7 heteroatoms. The number of sulfonamides is 1. The first-order chi connectivity index (χ1) is 9.12. The number of aromatic nitrogens is 2. The van der Waals surface area contributed by atoms with Gasteiger partial charge < -0.3 is 9.72 Å². The molecule has 0 radical (unpaired) electrons. The molecule has 1 aromatic heterocycles. The van der Waals surface area contributed by atoms with E-state index in [-0.39, 0.29) is 5.03 Å². The van der Waals surface area contributed by atoms with Gasteiger partial charge in [-0.05, 0) is 25.2 Å². The zero-order chi connectivity index (χ0) is 13.7. The molecule has 1 aliphatic rings. The lowest BCUT2D eigenvalue weighted by molar-refractivity contribution is 0.123. The molecular weight excluding hydrogens is 266 g/mol. The molecule has 1 saturated carbocycles. The lowest BCUT2D eigenvalue weighted by Crippen LogP contribution is -2.26. The van der Waals surface area contributed by atoms with Crippen LogP contribution in [0.3, 0.4) is 0 Å². The molecule has 2 N–H and O–H groups in total. The summed E-state index contributed by atoms with van der Waals surface area (Å²) in [7, 11) is -3.46. The van der Waals surface area contributed by atoms with E-state index in [0.29, 0.717) is 31.8 Å². The number of rotatable bonds is 9. The molecule has 0 aliphatic heterocycles. The van der Waals surface area contributed by atoms with E-state index in [2.05, 4.69) is 14.7 Å². The number of imidazole rings is 1. The zero-order valence-corrected chi connectivity index (χ0v) is 12.0. The molecule has 19 heavy (non-hydrogen) atoms. The Morgan fingerprint density at radius 2 is 2.32 bits per heavy atom. The third-order valence-electron chi connectivity index (χ3n) is 3.04. The van der Waals surface area contributed by atoms with Gasteiger partial charge >= 0.3 is 0 Å². The van der Waals surface area contributed by atoms with Crippen LogP contribution in [0.1, 0.15) is 32.0 Å². The van der Waals surface area contributed by atoms with Crippen LogP contribution < -0.4 is 4.72 Å². The Labute approximate surface area is 114 Å². The first-order valence-electron chi connectivity index (χ1n) is 6.73. The fourth-order valence-electron chi connectivity index (χ4n) is 1.65. The van der Waals surface area contributed by atoms with Crippen molar-refractivity contribution < 1.29 is 13.2 Å². The van der Waals surface area contributed by atoms with Gasteiger partial charge in [-0.25, -0.2) is 18.1 Å². The number of nitrogens with zero attached hydrogens (tertiary/aromatic N) is 1. The molecule has 2 rings (SSSR count). The minimum absolute atomic E-state index is 0.128. The standard InChI is InChI=1S/C12H21N3O3S/c1-2-11-13-8-12(15-11)19(16,17)14-6-3-7-18-9-10-4-5-10/h8,10,14H,2-7,9H2,1H3,(H,13,15). The van der Waals surface area contributed by atoms with Crippen LogP contribution >= 0.6 is 0 Å². The van der Waals surface area contributed by atoms with Crippen LogP contribution in [0.25, 0.3) is 0 Å². The Kier molecular flexibility index (Phi) is 4.95. The van der Waals surface area contributed by atoms with Crippen LogP contribution in [-0.4, -0.2) is 38.1 Å². The number of nitrogens with one attached hydrogen (secondary N) is 2. The molecule has 1 aliphatic carbocycles. The summed E-state index contributed by atoms with van der Waals surface area (Å²) in [6, 6.07) is 0. The Morgan fingerprint density at radius 3 is 2.95 bits per heavy atom. The van der Waals surface area contributed by atoms with Gasteiger partial charge in [-0.1, -0.05) is 6.92 Å². The fourth-order valence-corrected chi connectivity index (χ4v) is 2.66. The first kappa shape index (κ1) is 14.5. The monoisotopic (exact) mass is 287 g/mol. The average Bonchev–Trinajstić information content (AvgIpc) is 3.07. The minimum atomic E-state index is -3.46. The minimum Gasteiger partial charge on any atom is -0.381 e. The van der Waals surface area contributed by atoms with Gasteiger partial charge in [0.1, 0.15) is 5.82 Å². The molecule has 0 aromatic carbocycles. The third kappa shape index (κ3) is 4.59. The summed E-state index contributed by atoms with van der Waals surface area (Å²) in [4.78, 5) is 6.77. The van der Waals surface area contributed by atoms with Gasteiger partial charge in [0.25, 0.3) is 10.0 Å². The van der Waals surface area contributed by atoms with E-state index < -0.39 is 10.0 Å². The van der Waals surface area contributed by atoms with Gasteiger partial charge in [-0.2, -0.15) is 0 Å². The highest BCUT2D eigenvalue weighted by atomic mass is 32.2. The second-order valence-electron chi connectivity index (χ2n) is 4.82. The van der Waals surface area contributed by atoms with Crippen molar-refractivity contribution in [2.75, 3.05) is 19.8 Å². The third-order valence-corrected chi connectivity index (χ3v) is 4.41. The molecule has 0 bridgehead atoms. The number of hydrogen-bond acceptors (Lipinski definition) is 4. The zero-order valence-electron chi connectivity index (χ0n) is 11.2. The Balaban J connectivity index is 1.67. The Morgan fingerprint density at radius 1 is 1.53 bits per heavy atom. The fraction of sp³-hybridized carbons (Fsp3) is 0.750. The van der Waals surface area contributed by atoms with Crippen molar-refractivity contribution in [3.05, 3.63) is 12.0 Å². The van der Waals surface area contributed by atoms with Crippen LogP contribution in [0.4, 0.5) is 0 Å². The molecule has 0 spiro atoms. The summed E-state index contributed by atoms with van der Waals surface area (Å²) in [5.74, 6) is 1.42. The predicted molar refractivity (Wildman–Crippen MR) is 71.3 cm³/mol. The van der Waals surface area contributed by atoms with Crippen LogP contribution in [-0.2, 0) is 21.2 Å². The van der Waals surface area contributed by atoms with Crippen molar-refractivity contribution in [1.82, 2.24) is 14.7 Å². The van der Waals surface area contributed by atoms with Crippen molar-refractivity contribution in [3.63, 3.8) is 0 Å². The van der Waals surface area contributed by atoms with E-state index in [1.165, 1.54) is 19.0 Å². The SMILES string of the molecule is CCc1ncc(S(=O)(=O)NCCCOCC2CC2)[nH]1. The molecule has 1 fully saturated rings.